The maximum atomic E-state index is 12.3. The largest absolute Gasteiger partial charge is 0.480 e. The van der Waals surface area contributed by atoms with Gasteiger partial charge in [0.1, 0.15) is 14.8 Å². The molecule has 0 unspecified atom stereocenters. The van der Waals surface area contributed by atoms with Crippen LogP contribution in [0.15, 0.2) is 11.0 Å². The summed E-state index contributed by atoms with van der Waals surface area (Å²) in [6.07, 6.45) is 0.105. The van der Waals surface area contributed by atoms with Crippen molar-refractivity contribution >= 4 is 50.5 Å². The van der Waals surface area contributed by atoms with Crippen molar-refractivity contribution in [1.82, 2.24) is 4.72 Å². The van der Waals surface area contributed by atoms with Gasteiger partial charge in [-0.2, -0.15) is 4.72 Å². The van der Waals surface area contributed by atoms with Gasteiger partial charge in [0, 0.05) is 26.1 Å². The zero-order valence-corrected chi connectivity index (χ0v) is 13.2. The van der Waals surface area contributed by atoms with Crippen LogP contribution in [0.25, 0.3) is 0 Å². The van der Waals surface area contributed by atoms with Crippen molar-refractivity contribution < 1.29 is 23.1 Å². The molecule has 2 rings (SSSR count). The molecule has 1 aliphatic rings. The average Bonchev–Trinajstić information content (AvgIpc) is 2.70. The summed E-state index contributed by atoms with van der Waals surface area (Å²) in [6, 6.07) is 1.20. The molecule has 0 spiro atoms. The third kappa shape index (κ3) is 3.10. The second-order valence-electron chi connectivity index (χ2n) is 4.29. The summed E-state index contributed by atoms with van der Waals surface area (Å²) in [5.74, 6) is -1.23. The lowest BCUT2D eigenvalue weighted by molar-refractivity contribution is -0.147. The second-order valence-corrected chi connectivity index (χ2v) is 8.23. The highest BCUT2D eigenvalue weighted by Gasteiger charge is 2.44. The average molecular weight is 360 g/mol. The van der Waals surface area contributed by atoms with E-state index in [4.69, 9.17) is 27.9 Å². The van der Waals surface area contributed by atoms with E-state index in [1.165, 1.54) is 6.07 Å². The maximum Gasteiger partial charge on any atom is 0.325 e. The highest BCUT2D eigenvalue weighted by atomic mass is 35.5. The molecular weight excluding hydrogens is 349 g/mol. The lowest BCUT2D eigenvalue weighted by atomic mass is 9.92. The molecule has 0 amide bonds. The molecule has 1 saturated heterocycles. The first-order chi connectivity index (χ1) is 9.27. The maximum absolute atomic E-state index is 12.3. The zero-order valence-electron chi connectivity index (χ0n) is 10.1. The van der Waals surface area contributed by atoms with Crippen LogP contribution in [0.1, 0.15) is 12.8 Å². The van der Waals surface area contributed by atoms with Gasteiger partial charge in [0.2, 0.25) is 10.0 Å². The van der Waals surface area contributed by atoms with Crippen molar-refractivity contribution in [2.75, 3.05) is 13.2 Å². The van der Waals surface area contributed by atoms with E-state index in [0.29, 0.717) is 0 Å². The van der Waals surface area contributed by atoms with E-state index < -0.39 is 21.5 Å². The van der Waals surface area contributed by atoms with E-state index >= 15 is 0 Å². The molecule has 0 bridgehead atoms. The van der Waals surface area contributed by atoms with Crippen LogP contribution in [0.3, 0.4) is 0 Å². The van der Waals surface area contributed by atoms with E-state index in [1.54, 1.807) is 0 Å². The topological polar surface area (TPSA) is 92.7 Å². The van der Waals surface area contributed by atoms with Crippen molar-refractivity contribution in [1.29, 1.82) is 0 Å². The van der Waals surface area contributed by atoms with Crippen LogP contribution < -0.4 is 4.72 Å². The summed E-state index contributed by atoms with van der Waals surface area (Å²) in [5, 5.41) is 9.33. The van der Waals surface area contributed by atoms with Gasteiger partial charge in [0.05, 0.1) is 4.34 Å². The summed E-state index contributed by atoms with van der Waals surface area (Å²) in [6.45, 7) is 0.347. The molecule has 20 heavy (non-hydrogen) atoms. The number of sulfonamides is 1. The van der Waals surface area contributed by atoms with Crippen molar-refractivity contribution in [2.24, 2.45) is 0 Å². The third-order valence-corrected chi connectivity index (χ3v) is 6.29. The number of thiophene rings is 1. The lowest BCUT2D eigenvalue weighted by Crippen LogP contribution is -2.57. The van der Waals surface area contributed by atoms with Crippen molar-refractivity contribution in [3.63, 3.8) is 0 Å². The van der Waals surface area contributed by atoms with E-state index in [1.807, 2.05) is 0 Å². The van der Waals surface area contributed by atoms with Gasteiger partial charge >= 0.3 is 5.97 Å². The molecule has 2 heterocycles. The minimum Gasteiger partial charge on any atom is -0.480 e. The lowest BCUT2D eigenvalue weighted by Gasteiger charge is -2.33. The Labute approximate surface area is 129 Å². The highest BCUT2D eigenvalue weighted by molar-refractivity contribution is 7.90. The highest BCUT2D eigenvalue weighted by Crippen LogP contribution is 2.35. The Morgan fingerprint density at radius 2 is 2.00 bits per heavy atom. The first-order valence-corrected chi connectivity index (χ1v) is 8.62. The van der Waals surface area contributed by atoms with Crippen LogP contribution in [0.2, 0.25) is 8.67 Å². The van der Waals surface area contributed by atoms with Crippen molar-refractivity contribution in [2.45, 2.75) is 23.3 Å². The van der Waals surface area contributed by atoms with E-state index in [0.717, 1.165) is 11.3 Å². The van der Waals surface area contributed by atoms with Gasteiger partial charge in [0.15, 0.2) is 0 Å². The van der Waals surface area contributed by atoms with Crippen LogP contribution >= 0.6 is 34.5 Å². The monoisotopic (exact) mass is 359 g/mol. The van der Waals surface area contributed by atoms with Gasteiger partial charge in [-0.25, -0.2) is 8.42 Å². The summed E-state index contributed by atoms with van der Waals surface area (Å²) in [7, 11) is -4.07. The molecule has 1 aromatic rings. The number of ether oxygens (including phenoxy) is 1. The van der Waals surface area contributed by atoms with Crippen LogP contribution in [-0.2, 0) is 19.6 Å². The Kier molecular flexibility index (Phi) is 4.63. The summed E-state index contributed by atoms with van der Waals surface area (Å²) in [4.78, 5) is 11.2. The molecule has 1 fully saturated rings. The number of aliphatic carboxylic acids is 1. The number of hydrogen-bond acceptors (Lipinski definition) is 5. The van der Waals surface area contributed by atoms with Gasteiger partial charge in [-0.05, 0) is 6.07 Å². The quantitative estimate of drug-likeness (QED) is 0.856. The number of hydrogen-bond donors (Lipinski definition) is 2. The van der Waals surface area contributed by atoms with Crippen molar-refractivity contribution in [3.8, 4) is 0 Å². The van der Waals surface area contributed by atoms with Gasteiger partial charge in [0.25, 0.3) is 0 Å². The molecule has 0 radical (unpaired) electrons. The second kappa shape index (κ2) is 5.78. The molecule has 2 N–H and O–H groups in total. The normalized spacial score (nSPS) is 18.9. The molecule has 10 heteroatoms. The Bertz CT molecular complexity index is 622. The van der Waals surface area contributed by atoms with E-state index in [-0.39, 0.29) is 39.6 Å². The number of nitrogens with one attached hydrogen (secondary N) is 1. The molecular formula is C10H11Cl2NO5S2. The Morgan fingerprint density at radius 1 is 1.40 bits per heavy atom. The number of halogens is 2. The molecule has 6 nitrogen and oxygen atoms in total. The predicted molar refractivity (Wildman–Crippen MR) is 75.1 cm³/mol. The SMILES string of the molecule is O=C(O)C1(NS(=O)(=O)c2cc(Cl)sc2Cl)CCOCC1. The Hall–Kier alpha value is -0.380. The minimum atomic E-state index is -4.07. The molecule has 112 valence electrons. The number of carbonyl (C=O) groups is 1. The van der Waals surface area contributed by atoms with E-state index in [9.17, 15) is 18.3 Å². The first-order valence-electron chi connectivity index (χ1n) is 5.57. The smallest absolute Gasteiger partial charge is 0.325 e. The fraction of sp³-hybridized carbons (Fsp3) is 0.500. The molecule has 0 saturated carbocycles. The molecule has 1 aromatic heterocycles. The number of carboxylic acid groups (broad SMARTS) is 1. The number of rotatable bonds is 4. The first kappa shape index (κ1) is 16.0. The zero-order chi connectivity index (χ0) is 15.0. The molecule has 0 aliphatic carbocycles. The van der Waals surface area contributed by atoms with Crippen LogP contribution in [0.5, 0.6) is 0 Å². The fourth-order valence-corrected chi connectivity index (χ4v) is 5.47. The minimum absolute atomic E-state index is 0.00454. The van der Waals surface area contributed by atoms with Crippen LogP contribution in [0, 0.1) is 0 Å². The number of carboxylic acids is 1. The van der Waals surface area contributed by atoms with Gasteiger partial charge in [-0.15, -0.1) is 11.3 Å². The van der Waals surface area contributed by atoms with Gasteiger partial charge in [-0.1, -0.05) is 23.2 Å². The molecule has 0 atom stereocenters. The standard InChI is InChI=1S/C10H11Cl2NO5S2/c11-7-5-6(8(12)19-7)20(16,17)13-10(9(14)15)1-3-18-4-2-10/h5,13H,1-4H2,(H,14,15). The summed E-state index contributed by atoms with van der Waals surface area (Å²) in [5.41, 5.74) is -1.57. The molecule has 1 aliphatic heterocycles. The molecule has 0 aromatic carbocycles. The van der Waals surface area contributed by atoms with Gasteiger partial charge in [-0.3, -0.25) is 4.79 Å². The fourth-order valence-electron chi connectivity index (χ4n) is 1.90. The van der Waals surface area contributed by atoms with Crippen LogP contribution in [0.4, 0.5) is 0 Å². The van der Waals surface area contributed by atoms with Gasteiger partial charge < -0.3 is 9.84 Å². The van der Waals surface area contributed by atoms with E-state index in [2.05, 4.69) is 4.72 Å². The van der Waals surface area contributed by atoms with Crippen molar-refractivity contribution in [3.05, 3.63) is 14.7 Å². The predicted octanol–water partition coefficient (Wildman–Crippen LogP) is 1.97. The Morgan fingerprint density at radius 3 is 2.45 bits per heavy atom. The Balaban J connectivity index is 2.35. The summed E-state index contributed by atoms with van der Waals surface area (Å²) < 4.78 is 32.1. The van der Waals surface area contributed by atoms with Crippen LogP contribution in [-0.4, -0.2) is 38.2 Å². The summed E-state index contributed by atoms with van der Waals surface area (Å²) >= 11 is 12.4. The third-order valence-electron chi connectivity index (χ3n) is 3.00.